The number of para-hydroxylation sites is 2. The Hall–Kier alpha value is -1.75. The summed E-state index contributed by atoms with van der Waals surface area (Å²) in [7, 11) is 4.00. The fourth-order valence-corrected chi connectivity index (χ4v) is 2.31. The summed E-state index contributed by atoms with van der Waals surface area (Å²) >= 11 is 0. The zero-order valence-electron chi connectivity index (χ0n) is 11.7. The van der Waals surface area contributed by atoms with E-state index in [1.54, 1.807) is 0 Å². The number of nitrogens with zero attached hydrogens (tertiary/aromatic N) is 1. The lowest BCUT2D eigenvalue weighted by molar-refractivity contribution is -0.122. The minimum Gasteiger partial charge on any atom is -0.381 e. The highest BCUT2D eigenvalue weighted by molar-refractivity contribution is 5.88. The number of carbonyl (C=O) groups excluding carboxylic acids is 1. The van der Waals surface area contributed by atoms with E-state index >= 15 is 0 Å². The van der Waals surface area contributed by atoms with Crippen molar-refractivity contribution in [2.24, 2.45) is 0 Å². The molecule has 0 bridgehead atoms. The van der Waals surface area contributed by atoms with Gasteiger partial charge in [0.1, 0.15) is 6.04 Å². The van der Waals surface area contributed by atoms with Crippen molar-refractivity contribution in [1.82, 2.24) is 10.2 Å². The minimum absolute atomic E-state index is 0.0383. The molecule has 2 unspecified atom stereocenters. The van der Waals surface area contributed by atoms with Crippen LogP contribution in [0.1, 0.15) is 6.92 Å². The molecule has 19 heavy (non-hydrogen) atoms. The Morgan fingerprint density at radius 1 is 1.42 bits per heavy atom. The van der Waals surface area contributed by atoms with Crippen LogP contribution in [0.4, 0.5) is 11.4 Å². The van der Waals surface area contributed by atoms with E-state index in [1.807, 2.05) is 45.3 Å². The number of hydrogen-bond acceptors (Lipinski definition) is 4. The first-order chi connectivity index (χ1) is 9.06. The molecular formula is C14H22N4O. The number of anilines is 2. The fourth-order valence-electron chi connectivity index (χ4n) is 2.31. The molecule has 0 saturated heterocycles. The van der Waals surface area contributed by atoms with Gasteiger partial charge in [-0.25, -0.2) is 0 Å². The Balaban J connectivity index is 1.92. The maximum absolute atomic E-state index is 12.2. The Labute approximate surface area is 114 Å². The Bertz CT molecular complexity index is 447. The van der Waals surface area contributed by atoms with Crippen molar-refractivity contribution in [3.05, 3.63) is 24.3 Å². The van der Waals surface area contributed by atoms with Crippen LogP contribution < -0.4 is 16.0 Å². The lowest BCUT2D eigenvalue weighted by Gasteiger charge is -2.29. The third-order valence-corrected chi connectivity index (χ3v) is 3.10. The van der Waals surface area contributed by atoms with Crippen molar-refractivity contribution >= 4 is 17.3 Å². The third-order valence-electron chi connectivity index (χ3n) is 3.10. The van der Waals surface area contributed by atoms with E-state index in [1.165, 1.54) is 0 Å². The summed E-state index contributed by atoms with van der Waals surface area (Å²) in [5.74, 6) is 0.0383. The van der Waals surface area contributed by atoms with Gasteiger partial charge in [-0.2, -0.15) is 0 Å². The number of rotatable bonds is 4. The molecule has 1 aliphatic heterocycles. The summed E-state index contributed by atoms with van der Waals surface area (Å²) in [5.41, 5.74) is 2.03. The van der Waals surface area contributed by atoms with E-state index in [0.29, 0.717) is 6.54 Å². The molecule has 1 heterocycles. The number of amides is 1. The zero-order valence-corrected chi connectivity index (χ0v) is 11.7. The van der Waals surface area contributed by atoms with Crippen LogP contribution in [0.15, 0.2) is 24.3 Å². The normalized spacial score (nSPS) is 19.1. The Morgan fingerprint density at radius 2 is 2.11 bits per heavy atom. The maximum atomic E-state index is 12.2. The van der Waals surface area contributed by atoms with Crippen molar-refractivity contribution in [1.29, 1.82) is 0 Å². The van der Waals surface area contributed by atoms with Gasteiger partial charge in [0.2, 0.25) is 5.91 Å². The molecule has 104 valence electrons. The van der Waals surface area contributed by atoms with Crippen molar-refractivity contribution in [2.75, 3.05) is 37.8 Å². The molecule has 1 aromatic rings. The minimum atomic E-state index is -0.223. The van der Waals surface area contributed by atoms with Crippen molar-refractivity contribution < 1.29 is 4.79 Å². The van der Waals surface area contributed by atoms with Crippen LogP contribution in [0.25, 0.3) is 0 Å². The second-order valence-corrected chi connectivity index (χ2v) is 5.30. The molecule has 0 aromatic heterocycles. The fraction of sp³-hybridized carbons (Fsp3) is 0.500. The summed E-state index contributed by atoms with van der Waals surface area (Å²) < 4.78 is 0. The standard InChI is InChI=1S/C14H22N4O/c1-10(9-18(2)3)16-14(19)13-8-15-11-6-4-5-7-12(11)17-13/h4-7,10,13,15,17H,8-9H2,1-3H3,(H,16,19). The van der Waals surface area contributed by atoms with Crippen LogP contribution in [0.3, 0.4) is 0 Å². The van der Waals surface area contributed by atoms with Crippen LogP contribution in [0, 0.1) is 0 Å². The molecule has 3 N–H and O–H groups in total. The van der Waals surface area contributed by atoms with Gasteiger partial charge in [-0.1, -0.05) is 12.1 Å². The molecular weight excluding hydrogens is 240 g/mol. The smallest absolute Gasteiger partial charge is 0.244 e. The van der Waals surface area contributed by atoms with Gasteiger partial charge in [0.05, 0.1) is 11.4 Å². The second kappa shape index (κ2) is 5.93. The van der Waals surface area contributed by atoms with Crippen LogP contribution >= 0.6 is 0 Å². The van der Waals surface area contributed by atoms with E-state index in [9.17, 15) is 4.79 Å². The van der Waals surface area contributed by atoms with Crippen molar-refractivity contribution in [3.8, 4) is 0 Å². The van der Waals surface area contributed by atoms with E-state index in [4.69, 9.17) is 0 Å². The molecule has 5 heteroatoms. The molecule has 0 fully saturated rings. The van der Waals surface area contributed by atoms with Gasteiger partial charge in [0.15, 0.2) is 0 Å². The molecule has 5 nitrogen and oxygen atoms in total. The summed E-state index contributed by atoms with van der Waals surface area (Å²) in [6.07, 6.45) is 0. The van der Waals surface area contributed by atoms with Gasteiger partial charge in [-0.15, -0.1) is 0 Å². The number of benzene rings is 1. The first kappa shape index (κ1) is 13.7. The lowest BCUT2D eigenvalue weighted by atomic mass is 10.1. The second-order valence-electron chi connectivity index (χ2n) is 5.30. The highest BCUT2D eigenvalue weighted by Gasteiger charge is 2.24. The average Bonchev–Trinajstić information content (AvgIpc) is 2.37. The van der Waals surface area contributed by atoms with E-state index in [0.717, 1.165) is 17.9 Å². The van der Waals surface area contributed by atoms with Crippen LogP contribution in [-0.4, -0.2) is 50.1 Å². The molecule has 0 spiro atoms. The Morgan fingerprint density at radius 3 is 2.79 bits per heavy atom. The molecule has 2 atom stereocenters. The van der Waals surface area contributed by atoms with Crippen LogP contribution in [0.5, 0.6) is 0 Å². The quantitative estimate of drug-likeness (QED) is 0.756. The number of hydrogen-bond donors (Lipinski definition) is 3. The molecule has 0 saturated carbocycles. The number of carbonyl (C=O) groups is 1. The Kier molecular flexibility index (Phi) is 4.27. The van der Waals surface area contributed by atoms with Gasteiger partial charge < -0.3 is 20.9 Å². The van der Waals surface area contributed by atoms with E-state index in [2.05, 4.69) is 20.9 Å². The third kappa shape index (κ3) is 3.61. The van der Waals surface area contributed by atoms with Crippen molar-refractivity contribution in [3.63, 3.8) is 0 Å². The summed E-state index contributed by atoms with van der Waals surface area (Å²) in [4.78, 5) is 14.2. The zero-order chi connectivity index (χ0) is 13.8. The predicted octanol–water partition coefficient (Wildman–Crippen LogP) is 0.959. The monoisotopic (exact) mass is 262 g/mol. The average molecular weight is 262 g/mol. The maximum Gasteiger partial charge on any atom is 0.244 e. The van der Waals surface area contributed by atoms with Gasteiger partial charge >= 0.3 is 0 Å². The van der Waals surface area contributed by atoms with Crippen LogP contribution in [-0.2, 0) is 4.79 Å². The molecule has 0 aliphatic carbocycles. The van der Waals surface area contributed by atoms with Gasteiger partial charge in [0.25, 0.3) is 0 Å². The first-order valence-electron chi connectivity index (χ1n) is 6.61. The topological polar surface area (TPSA) is 56.4 Å². The summed E-state index contributed by atoms with van der Waals surface area (Å²) in [6.45, 7) is 3.46. The van der Waals surface area contributed by atoms with E-state index in [-0.39, 0.29) is 18.0 Å². The molecule has 0 radical (unpaired) electrons. The molecule has 1 aromatic carbocycles. The summed E-state index contributed by atoms with van der Waals surface area (Å²) in [6, 6.07) is 7.84. The molecule has 1 aliphatic rings. The summed E-state index contributed by atoms with van der Waals surface area (Å²) in [5, 5.41) is 9.57. The van der Waals surface area contributed by atoms with Crippen molar-refractivity contribution in [2.45, 2.75) is 19.0 Å². The number of nitrogens with one attached hydrogen (secondary N) is 3. The van der Waals surface area contributed by atoms with Gasteiger partial charge in [-0.05, 0) is 33.2 Å². The number of likely N-dealkylation sites (N-methyl/N-ethyl adjacent to an activating group) is 1. The highest BCUT2D eigenvalue weighted by atomic mass is 16.2. The van der Waals surface area contributed by atoms with E-state index < -0.39 is 0 Å². The van der Waals surface area contributed by atoms with Gasteiger partial charge in [0, 0.05) is 19.1 Å². The van der Waals surface area contributed by atoms with Gasteiger partial charge in [-0.3, -0.25) is 4.79 Å². The highest BCUT2D eigenvalue weighted by Crippen LogP contribution is 2.25. The lowest BCUT2D eigenvalue weighted by Crippen LogP contribution is -2.50. The number of fused-ring (bicyclic) bond motifs is 1. The largest absolute Gasteiger partial charge is 0.381 e. The first-order valence-corrected chi connectivity index (χ1v) is 6.61. The molecule has 2 rings (SSSR count). The van der Waals surface area contributed by atoms with Crippen LogP contribution in [0.2, 0.25) is 0 Å². The predicted molar refractivity (Wildman–Crippen MR) is 78.5 cm³/mol. The SMILES string of the molecule is CC(CN(C)C)NC(=O)C1CNc2ccccc2N1. The molecule has 1 amide bonds.